The van der Waals surface area contributed by atoms with Gasteiger partial charge in [0.25, 0.3) is 0 Å². The largest absolute Gasteiger partial charge is 0.357 e. The van der Waals surface area contributed by atoms with Gasteiger partial charge in [-0.15, -0.1) is 0 Å². The number of nitrogens with zero attached hydrogens (tertiary/aromatic N) is 2. The van der Waals surface area contributed by atoms with Crippen LogP contribution >= 0.6 is 0 Å². The maximum absolute atomic E-state index is 4.56. The van der Waals surface area contributed by atoms with Crippen LogP contribution < -0.4 is 4.90 Å². The lowest BCUT2D eigenvalue weighted by atomic mass is 9.48. The molecular weight excluding hydrogens is 220 g/mol. The van der Waals surface area contributed by atoms with Gasteiger partial charge in [0.1, 0.15) is 5.82 Å². The summed E-state index contributed by atoms with van der Waals surface area (Å²) < 4.78 is 0. The summed E-state index contributed by atoms with van der Waals surface area (Å²) in [5.41, 5.74) is 2.45. The fourth-order valence-corrected chi connectivity index (χ4v) is 3.72. The molecule has 0 N–H and O–H groups in total. The van der Waals surface area contributed by atoms with E-state index < -0.39 is 0 Å². The van der Waals surface area contributed by atoms with Crippen molar-refractivity contribution in [3.8, 4) is 0 Å². The van der Waals surface area contributed by atoms with E-state index >= 15 is 0 Å². The minimum atomic E-state index is 0.569. The van der Waals surface area contributed by atoms with Crippen molar-refractivity contribution < 1.29 is 0 Å². The second-order valence-corrected chi connectivity index (χ2v) is 6.85. The van der Waals surface area contributed by atoms with Gasteiger partial charge in [0.05, 0.1) is 0 Å². The lowest BCUT2D eigenvalue weighted by Crippen LogP contribution is -2.54. The Kier molecular flexibility index (Phi) is 2.65. The van der Waals surface area contributed by atoms with E-state index in [1.807, 2.05) is 6.20 Å². The molecule has 18 heavy (non-hydrogen) atoms. The number of pyridine rings is 1. The summed E-state index contributed by atoms with van der Waals surface area (Å²) in [7, 11) is 0. The molecule has 2 nitrogen and oxygen atoms in total. The molecule has 0 aromatic carbocycles. The minimum Gasteiger partial charge on any atom is -0.357 e. The molecule has 2 fully saturated rings. The molecule has 2 heteroatoms. The zero-order chi connectivity index (χ0) is 12.8. The molecule has 2 heterocycles. The third-order valence-corrected chi connectivity index (χ3v) is 5.60. The average Bonchev–Trinajstić information content (AvgIpc) is 2.39. The SMILES string of the molecule is Cc1ccc(N2CCC3(CC2)CCC3(C)C)nc1. The molecule has 1 aliphatic heterocycles. The number of rotatable bonds is 1. The Labute approximate surface area is 110 Å². The molecule has 1 saturated heterocycles. The van der Waals surface area contributed by atoms with E-state index in [4.69, 9.17) is 0 Å². The molecule has 0 amide bonds. The molecule has 0 radical (unpaired) electrons. The first-order valence-electron chi connectivity index (χ1n) is 7.20. The van der Waals surface area contributed by atoms with E-state index in [0.29, 0.717) is 10.8 Å². The molecule has 1 aliphatic carbocycles. The predicted molar refractivity (Wildman–Crippen MR) is 75.9 cm³/mol. The van der Waals surface area contributed by atoms with Crippen molar-refractivity contribution in [3.05, 3.63) is 23.9 Å². The van der Waals surface area contributed by atoms with Crippen LogP contribution in [0.2, 0.25) is 0 Å². The van der Waals surface area contributed by atoms with Crippen molar-refractivity contribution in [2.45, 2.75) is 46.5 Å². The van der Waals surface area contributed by atoms with Crippen LogP contribution in [0.25, 0.3) is 0 Å². The first kappa shape index (κ1) is 12.0. The van der Waals surface area contributed by atoms with E-state index in [1.165, 1.54) is 44.3 Å². The topological polar surface area (TPSA) is 16.1 Å². The van der Waals surface area contributed by atoms with Crippen LogP contribution in [0.4, 0.5) is 5.82 Å². The first-order valence-corrected chi connectivity index (χ1v) is 7.20. The Hall–Kier alpha value is -1.05. The number of aryl methyl sites for hydroxylation is 1. The average molecular weight is 244 g/mol. The summed E-state index contributed by atoms with van der Waals surface area (Å²) in [6.07, 6.45) is 7.52. The van der Waals surface area contributed by atoms with Crippen LogP contribution in [0.1, 0.15) is 45.1 Å². The van der Waals surface area contributed by atoms with E-state index in [2.05, 4.69) is 42.8 Å². The molecule has 98 valence electrons. The van der Waals surface area contributed by atoms with Gasteiger partial charge in [0.2, 0.25) is 0 Å². The van der Waals surface area contributed by atoms with Gasteiger partial charge in [-0.3, -0.25) is 0 Å². The lowest BCUT2D eigenvalue weighted by Gasteiger charge is -2.60. The number of hydrogen-bond donors (Lipinski definition) is 0. The summed E-state index contributed by atoms with van der Waals surface area (Å²) in [5.74, 6) is 1.16. The van der Waals surface area contributed by atoms with Crippen molar-refractivity contribution in [3.63, 3.8) is 0 Å². The molecule has 1 saturated carbocycles. The van der Waals surface area contributed by atoms with Gasteiger partial charge in [-0.1, -0.05) is 19.9 Å². The molecule has 1 aromatic rings. The number of aromatic nitrogens is 1. The van der Waals surface area contributed by atoms with Gasteiger partial charge in [0.15, 0.2) is 0 Å². The predicted octanol–water partition coefficient (Wildman–Crippen LogP) is 3.80. The van der Waals surface area contributed by atoms with Crippen LogP contribution in [0, 0.1) is 17.8 Å². The van der Waals surface area contributed by atoms with Crippen molar-refractivity contribution in [1.82, 2.24) is 4.98 Å². The summed E-state index contributed by atoms with van der Waals surface area (Å²) in [6, 6.07) is 4.33. The van der Waals surface area contributed by atoms with Crippen LogP contribution in [0.5, 0.6) is 0 Å². The zero-order valence-electron chi connectivity index (χ0n) is 11.9. The van der Waals surface area contributed by atoms with Gasteiger partial charge in [0, 0.05) is 19.3 Å². The van der Waals surface area contributed by atoms with Gasteiger partial charge < -0.3 is 4.90 Å². The standard InChI is InChI=1S/C16H24N2/c1-13-4-5-14(17-12-13)18-10-8-16(9-11-18)7-6-15(16,2)3/h4-5,12H,6-11H2,1-3H3. The highest BCUT2D eigenvalue weighted by Gasteiger charge is 2.53. The molecule has 2 aliphatic rings. The van der Waals surface area contributed by atoms with Crippen molar-refractivity contribution in [1.29, 1.82) is 0 Å². The van der Waals surface area contributed by atoms with Crippen LogP contribution in [0.15, 0.2) is 18.3 Å². The van der Waals surface area contributed by atoms with E-state index in [1.54, 1.807) is 0 Å². The highest BCUT2D eigenvalue weighted by molar-refractivity contribution is 5.40. The quantitative estimate of drug-likeness (QED) is 0.747. The summed E-state index contributed by atoms with van der Waals surface area (Å²) in [5, 5.41) is 0. The van der Waals surface area contributed by atoms with Gasteiger partial charge in [-0.05, 0) is 55.1 Å². The van der Waals surface area contributed by atoms with Gasteiger partial charge in [-0.2, -0.15) is 0 Å². The Morgan fingerprint density at radius 3 is 2.22 bits per heavy atom. The van der Waals surface area contributed by atoms with Crippen LogP contribution in [-0.2, 0) is 0 Å². The van der Waals surface area contributed by atoms with E-state index in [0.717, 1.165) is 5.82 Å². The van der Waals surface area contributed by atoms with Crippen LogP contribution in [0.3, 0.4) is 0 Å². The number of piperidine rings is 1. The third kappa shape index (κ3) is 1.73. The van der Waals surface area contributed by atoms with Crippen molar-refractivity contribution in [2.75, 3.05) is 18.0 Å². The Morgan fingerprint density at radius 2 is 1.78 bits per heavy atom. The summed E-state index contributed by atoms with van der Waals surface area (Å²) in [6.45, 7) is 9.37. The molecule has 1 aromatic heterocycles. The zero-order valence-corrected chi connectivity index (χ0v) is 11.9. The second kappa shape index (κ2) is 3.97. The Bertz CT molecular complexity index is 425. The molecule has 0 bridgehead atoms. The lowest BCUT2D eigenvalue weighted by molar-refractivity contribution is -0.0706. The van der Waals surface area contributed by atoms with Crippen molar-refractivity contribution >= 4 is 5.82 Å². The van der Waals surface area contributed by atoms with E-state index in [9.17, 15) is 0 Å². The molecule has 3 rings (SSSR count). The highest BCUT2D eigenvalue weighted by atomic mass is 15.2. The smallest absolute Gasteiger partial charge is 0.128 e. The molecule has 0 atom stereocenters. The third-order valence-electron chi connectivity index (χ3n) is 5.60. The van der Waals surface area contributed by atoms with Gasteiger partial charge in [-0.25, -0.2) is 4.98 Å². The molecular formula is C16H24N2. The second-order valence-electron chi connectivity index (χ2n) is 6.85. The summed E-state index contributed by atoms with van der Waals surface area (Å²) >= 11 is 0. The maximum atomic E-state index is 4.56. The first-order chi connectivity index (χ1) is 8.52. The number of hydrogen-bond acceptors (Lipinski definition) is 2. The Balaban J connectivity index is 1.69. The summed E-state index contributed by atoms with van der Waals surface area (Å²) in [4.78, 5) is 7.01. The Morgan fingerprint density at radius 1 is 1.06 bits per heavy atom. The van der Waals surface area contributed by atoms with Crippen LogP contribution in [-0.4, -0.2) is 18.1 Å². The van der Waals surface area contributed by atoms with Crippen molar-refractivity contribution in [2.24, 2.45) is 10.8 Å². The maximum Gasteiger partial charge on any atom is 0.128 e. The molecule has 1 spiro atoms. The normalized spacial score (nSPS) is 24.9. The monoisotopic (exact) mass is 244 g/mol. The highest BCUT2D eigenvalue weighted by Crippen LogP contribution is 2.61. The minimum absolute atomic E-state index is 0.569. The van der Waals surface area contributed by atoms with Gasteiger partial charge >= 0.3 is 0 Å². The van der Waals surface area contributed by atoms with E-state index in [-0.39, 0.29) is 0 Å². The fourth-order valence-electron chi connectivity index (χ4n) is 3.72. The molecule has 0 unspecified atom stereocenters. The fraction of sp³-hybridized carbons (Fsp3) is 0.688. The number of anilines is 1.